The van der Waals surface area contributed by atoms with Crippen LogP contribution >= 0.6 is 0 Å². The first-order valence-electron chi connectivity index (χ1n) is 7.23. The molecule has 2 N–H and O–H groups in total. The Kier molecular flexibility index (Phi) is 6.09. The van der Waals surface area contributed by atoms with E-state index in [0.29, 0.717) is 0 Å². The molecule has 1 unspecified atom stereocenters. The predicted octanol–water partition coefficient (Wildman–Crippen LogP) is 1.37. The van der Waals surface area contributed by atoms with Gasteiger partial charge in [0.2, 0.25) is 5.91 Å². The van der Waals surface area contributed by atoms with Crippen LogP contribution in [-0.4, -0.2) is 49.1 Å². The summed E-state index contributed by atoms with van der Waals surface area (Å²) in [6.45, 7) is 9.22. The standard InChI is InChI=1S/C14H29N3O/c1-5-6-9-16-13(18)12(2)17-10-7-14(3,15-4)8-11-17/h12,15H,5-11H2,1-4H3,(H,16,18). The van der Waals surface area contributed by atoms with Crippen LogP contribution in [0.25, 0.3) is 0 Å². The van der Waals surface area contributed by atoms with Crippen LogP contribution in [0, 0.1) is 0 Å². The van der Waals surface area contributed by atoms with E-state index in [0.717, 1.165) is 45.3 Å². The molecule has 4 nitrogen and oxygen atoms in total. The van der Waals surface area contributed by atoms with Crippen molar-refractivity contribution in [1.29, 1.82) is 0 Å². The Morgan fingerprint density at radius 3 is 2.50 bits per heavy atom. The van der Waals surface area contributed by atoms with Crippen molar-refractivity contribution in [1.82, 2.24) is 15.5 Å². The van der Waals surface area contributed by atoms with Crippen molar-refractivity contribution in [2.75, 3.05) is 26.7 Å². The van der Waals surface area contributed by atoms with Crippen LogP contribution in [-0.2, 0) is 4.79 Å². The van der Waals surface area contributed by atoms with Crippen molar-refractivity contribution in [2.24, 2.45) is 0 Å². The molecule has 0 bridgehead atoms. The number of nitrogens with zero attached hydrogens (tertiary/aromatic N) is 1. The summed E-state index contributed by atoms with van der Waals surface area (Å²) in [4.78, 5) is 14.3. The molecular formula is C14H29N3O. The fourth-order valence-corrected chi connectivity index (χ4v) is 2.36. The highest BCUT2D eigenvalue weighted by Gasteiger charge is 2.31. The molecule has 1 atom stereocenters. The summed E-state index contributed by atoms with van der Waals surface area (Å²) in [6, 6.07) is 0.00302. The van der Waals surface area contributed by atoms with Gasteiger partial charge in [-0.05, 0) is 40.2 Å². The highest BCUT2D eigenvalue weighted by atomic mass is 16.2. The number of likely N-dealkylation sites (tertiary alicyclic amines) is 1. The number of nitrogens with one attached hydrogen (secondary N) is 2. The summed E-state index contributed by atoms with van der Waals surface area (Å²) in [7, 11) is 2.02. The largest absolute Gasteiger partial charge is 0.355 e. The molecule has 0 aromatic carbocycles. The number of rotatable bonds is 6. The maximum absolute atomic E-state index is 12.0. The van der Waals surface area contributed by atoms with Gasteiger partial charge in [-0.3, -0.25) is 9.69 Å². The lowest BCUT2D eigenvalue weighted by Crippen LogP contribution is -2.54. The van der Waals surface area contributed by atoms with E-state index in [9.17, 15) is 4.79 Å². The zero-order valence-electron chi connectivity index (χ0n) is 12.4. The zero-order chi connectivity index (χ0) is 13.6. The molecular weight excluding hydrogens is 226 g/mol. The molecule has 4 heteroatoms. The average Bonchev–Trinajstić information content (AvgIpc) is 2.39. The van der Waals surface area contributed by atoms with Crippen molar-refractivity contribution in [2.45, 2.75) is 58.0 Å². The minimum absolute atomic E-state index is 0.00302. The van der Waals surface area contributed by atoms with Gasteiger partial charge in [0.15, 0.2) is 0 Å². The second-order valence-corrected chi connectivity index (χ2v) is 5.67. The summed E-state index contributed by atoms with van der Waals surface area (Å²) in [6.07, 6.45) is 4.40. The van der Waals surface area contributed by atoms with Gasteiger partial charge in [0.25, 0.3) is 0 Å². The SMILES string of the molecule is CCCCNC(=O)C(C)N1CCC(C)(NC)CC1. The Balaban J connectivity index is 2.35. The van der Waals surface area contributed by atoms with Gasteiger partial charge in [-0.25, -0.2) is 0 Å². The van der Waals surface area contributed by atoms with Gasteiger partial charge in [-0.1, -0.05) is 13.3 Å². The number of hydrogen-bond donors (Lipinski definition) is 2. The summed E-state index contributed by atoms with van der Waals surface area (Å²) >= 11 is 0. The molecule has 1 amide bonds. The monoisotopic (exact) mass is 255 g/mol. The minimum atomic E-state index is 0.00302. The lowest BCUT2D eigenvalue weighted by Gasteiger charge is -2.41. The second-order valence-electron chi connectivity index (χ2n) is 5.67. The van der Waals surface area contributed by atoms with Crippen LogP contribution in [0.15, 0.2) is 0 Å². The molecule has 1 rings (SSSR count). The molecule has 1 aliphatic heterocycles. The third kappa shape index (κ3) is 4.25. The fourth-order valence-electron chi connectivity index (χ4n) is 2.36. The molecule has 0 saturated carbocycles. The molecule has 1 aliphatic rings. The first kappa shape index (κ1) is 15.4. The van der Waals surface area contributed by atoms with E-state index in [1.165, 1.54) is 0 Å². The van der Waals surface area contributed by atoms with Gasteiger partial charge in [-0.15, -0.1) is 0 Å². The first-order valence-corrected chi connectivity index (χ1v) is 7.23. The molecule has 0 aromatic rings. The molecule has 1 fully saturated rings. The molecule has 1 saturated heterocycles. The summed E-state index contributed by atoms with van der Waals surface area (Å²) in [5.41, 5.74) is 0.245. The zero-order valence-corrected chi connectivity index (χ0v) is 12.4. The van der Waals surface area contributed by atoms with Crippen LogP contribution in [0.3, 0.4) is 0 Å². The quantitative estimate of drug-likeness (QED) is 0.705. The van der Waals surface area contributed by atoms with Gasteiger partial charge in [0.05, 0.1) is 6.04 Å². The van der Waals surface area contributed by atoms with Crippen LogP contribution in [0.2, 0.25) is 0 Å². The van der Waals surface area contributed by atoms with Crippen molar-refractivity contribution < 1.29 is 4.79 Å². The Labute approximate surface area is 111 Å². The summed E-state index contributed by atoms with van der Waals surface area (Å²) in [5.74, 6) is 0.177. The molecule has 106 valence electrons. The molecule has 18 heavy (non-hydrogen) atoms. The molecule has 0 aliphatic carbocycles. The Bertz CT molecular complexity index is 260. The molecule has 1 heterocycles. The lowest BCUT2D eigenvalue weighted by molar-refractivity contribution is -0.126. The van der Waals surface area contributed by atoms with Crippen LogP contribution < -0.4 is 10.6 Å². The molecule has 0 spiro atoms. The average molecular weight is 255 g/mol. The fraction of sp³-hybridized carbons (Fsp3) is 0.929. The maximum atomic E-state index is 12.0. The topological polar surface area (TPSA) is 44.4 Å². The van der Waals surface area contributed by atoms with Crippen LogP contribution in [0.5, 0.6) is 0 Å². The number of piperidine rings is 1. The van der Waals surface area contributed by atoms with Gasteiger partial charge >= 0.3 is 0 Å². The van der Waals surface area contributed by atoms with Gasteiger partial charge in [-0.2, -0.15) is 0 Å². The Morgan fingerprint density at radius 1 is 1.39 bits per heavy atom. The van der Waals surface area contributed by atoms with Crippen molar-refractivity contribution >= 4 is 5.91 Å². The van der Waals surface area contributed by atoms with E-state index >= 15 is 0 Å². The number of carbonyl (C=O) groups is 1. The lowest BCUT2D eigenvalue weighted by atomic mass is 9.89. The highest BCUT2D eigenvalue weighted by molar-refractivity contribution is 5.81. The highest BCUT2D eigenvalue weighted by Crippen LogP contribution is 2.22. The Hall–Kier alpha value is -0.610. The molecule has 0 radical (unpaired) electrons. The minimum Gasteiger partial charge on any atom is -0.355 e. The second kappa shape index (κ2) is 7.10. The maximum Gasteiger partial charge on any atom is 0.237 e. The van der Waals surface area contributed by atoms with Crippen molar-refractivity contribution in [3.05, 3.63) is 0 Å². The number of unbranched alkanes of at least 4 members (excludes halogenated alkanes) is 1. The van der Waals surface area contributed by atoms with E-state index < -0.39 is 0 Å². The van der Waals surface area contributed by atoms with E-state index in [2.05, 4.69) is 29.4 Å². The first-order chi connectivity index (χ1) is 8.52. The van der Waals surface area contributed by atoms with E-state index in [1.807, 2.05) is 14.0 Å². The van der Waals surface area contributed by atoms with Gasteiger partial charge < -0.3 is 10.6 Å². The summed E-state index contributed by atoms with van der Waals surface area (Å²) in [5, 5.41) is 6.40. The number of amides is 1. The van der Waals surface area contributed by atoms with Crippen molar-refractivity contribution in [3.63, 3.8) is 0 Å². The summed E-state index contributed by atoms with van der Waals surface area (Å²) < 4.78 is 0. The van der Waals surface area contributed by atoms with E-state index in [4.69, 9.17) is 0 Å². The van der Waals surface area contributed by atoms with E-state index in [1.54, 1.807) is 0 Å². The number of hydrogen-bond acceptors (Lipinski definition) is 3. The van der Waals surface area contributed by atoms with E-state index in [-0.39, 0.29) is 17.5 Å². The third-order valence-corrected chi connectivity index (χ3v) is 4.26. The predicted molar refractivity (Wildman–Crippen MR) is 75.7 cm³/mol. The number of carbonyl (C=O) groups excluding carboxylic acids is 1. The Morgan fingerprint density at radius 2 is 2.00 bits per heavy atom. The van der Waals surface area contributed by atoms with Gasteiger partial charge in [0.1, 0.15) is 0 Å². The van der Waals surface area contributed by atoms with Crippen LogP contribution in [0.1, 0.15) is 46.5 Å². The van der Waals surface area contributed by atoms with Crippen molar-refractivity contribution in [3.8, 4) is 0 Å². The normalized spacial score (nSPS) is 21.6. The van der Waals surface area contributed by atoms with Crippen LogP contribution in [0.4, 0.5) is 0 Å². The third-order valence-electron chi connectivity index (χ3n) is 4.26. The van der Waals surface area contributed by atoms with Gasteiger partial charge in [0, 0.05) is 25.2 Å². The smallest absolute Gasteiger partial charge is 0.237 e. The molecule has 0 aromatic heterocycles.